The van der Waals surface area contributed by atoms with E-state index in [0.717, 1.165) is 24.0 Å². The molecule has 0 saturated heterocycles. The zero-order valence-corrected chi connectivity index (χ0v) is 12.2. The minimum Gasteiger partial charge on any atom is -0.309 e. The molecule has 0 bridgehead atoms. The molecule has 0 fully saturated rings. The second-order valence-electron chi connectivity index (χ2n) is 4.80. The van der Waals surface area contributed by atoms with Crippen molar-refractivity contribution in [2.24, 2.45) is 0 Å². The molecular weight excluding hydrogens is 242 g/mol. The summed E-state index contributed by atoms with van der Waals surface area (Å²) in [5.74, 6) is 0. The van der Waals surface area contributed by atoms with Crippen molar-refractivity contribution < 1.29 is 0 Å². The summed E-state index contributed by atoms with van der Waals surface area (Å²) in [6.45, 7) is 4.39. The summed E-state index contributed by atoms with van der Waals surface area (Å²) in [5, 5.41) is 7.41. The van der Waals surface area contributed by atoms with Crippen LogP contribution in [0.2, 0.25) is 0 Å². The molecule has 2 aromatic rings. The fourth-order valence-corrected chi connectivity index (χ4v) is 2.53. The molecular formula is C19H21N. The first-order chi connectivity index (χ1) is 9.80. The number of benzene rings is 2. The van der Waals surface area contributed by atoms with Gasteiger partial charge in [0.25, 0.3) is 0 Å². The number of nitrogens with one attached hydrogen (secondary N) is 1. The molecule has 0 atom stereocenters. The fraction of sp³-hybridized carbons (Fsp3) is 0.211. The van der Waals surface area contributed by atoms with Crippen LogP contribution in [0.4, 0.5) is 0 Å². The fourth-order valence-electron chi connectivity index (χ4n) is 2.53. The normalized spacial score (nSPS) is 11.4. The summed E-state index contributed by atoms with van der Waals surface area (Å²) in [6, 6.07) is 16.9. The van der Waals surface area contributed by atoms with Gasteiger partial charge in [-0.25, -0.2) is 0 Å². The Hall–Kier alpha value is -2.15. The summed E-state index contributed by atoms with van der Waals surface area (Å²) >= 11 is 0. The van der Waals surface area contributed by atoms with Crippen LogP contribution in [-0.2, 0) is 12.8 Å². The number of hydrogen-bond donors (Lipinski definition) is 1. The van der Waals surface area contributed by atoms with Gasteiger partial charge in [-0.2, -0.15) is 0 Å². The number of hydrogen-bond acceptors (Lipinski definition) is 1. The molecule has 1 heteroatoms. The average molecular weight is 263 g/mol. The average Bonchev–Trinajstić information content (AvgIpc) is 2.52. The van der Waals surface area contributed by atoms with Gasteiger partial charge in [0.2, 0.25) is 0 Å². The van der Waals surface area contributed by atoms with Crippen LogP contribution >= 0.6 is 0 Å². The Morgan fingerprint density at radius 2 is 1.60 bits per heavy atom. The van der Waals surface area contributed by atoms with E-state index in [2.05, 4.69) is 44.2 Å². The van der Waals surface area contributed by atoms with Gasteiger partial charge in [-0.1, -0.05) is 62.4 Å². The highest BCUT2D eigenvalue weighted by Gasteiger charge is 2.07. The van der Waals surface area contributed by atoms with E-state index in [1.54, 1.807) is 0 Å². The lowest BCUT2D eigenvalue weighted by molar-refractivity contribution is 1.04. The molecule has 0 radical (unpaired) electrons. The summed E-state index contributed by atoms with van der Waals surface area (Å²) in [7, 11) is 0. The van der Waals surface area contributed by atoms with Gasteiger partial charge in [0, 0.05) is 6.21 Å². The zero-order valence-electron chi connectivity index (χ0n) is 12.2. The molecule has 0 aliphatic rings. The highest BCUT2D eigenvalue weighted by molar-refractivity contribution is 5.90. The monoisotopic (exact) mass is 263 g/mol. The highest BCUT2D eigenvalue weighted by atomic mass is 14.3. The van der Waals surface area contributed by atoms with Gasteiger partial charge in [0.1, 0.15) is 0 Å². The van der Waals surface area contributed by atoms with Crippen molar-refractivity contribution in [1.29, 1.82) is 5.41 Å². The second kappa shape index (κ2) is 6.85. The molecule has 2 rings (SSSR count). The van der Waals surface area contributed by atoms with Crippen LogP contribution in [0.25, 0.3) is 5.57 Å². The Balaban J connectivity index is 2.51. The van der Waals surface area contributed by atoms with E-state index < -0.39 is 0 Å². The van der Waals surface area contributed by atoms with Crippen LogP contribution in [0.1, 0.15) is 36.1 Å². The molecule has 0 unspecified atom stereocenters. The predicted molar refractivity (Wildman–Crippen MR) is 87.5 cm³/mol. The summed E-state index contributed by atoms with van der Waals surface area (Å²) in [6.07, 6.45) is 5.35. The van der Waals surface area contributed by atoms with Gasteiger partial charge >= 0.3 is 0 Å². The lowest BCUT2D eigenvalue weighted by atomic mass is 9.93. The largest absolute Gasteiger partial charge is 0.309 e. The van der Waals surface area contributed by atoms with Crippen molar-refractivity contribution in [2.75, 3.05) is 0 Å². The Bertz CT molecular complexity index is 609. The molecule has 0 aliphatic heterocycles. The van der Waals surface area contributed by atoms with E-state index in [-0.39, 0.29) is 0 Å². The molecule has 0 saturated carbocycles. The lowest BCUT2D eigenvalue weighted by Gasteiger charge is -2.12. The lowest BCUT2D eigenvalue weighted by Crippen LogP contribution is -1.95. The van der Waals surface area contributed by atoms with Crippen molar-refractivity contribution in [3.05, 3.63) is 76.9 Å². The standard InChI is InChI=1S/C19H21N/c1-3-15-10-11-18(14-16(15)4-2)19(12-13-20)17-8-6-5-7-9-17/h5-14,20H,3-4H2,1-2H3/b19-12+,20-13?. The SMILES string of the molecule is CCc1ccc(/C(=C/C=N)c2ccccc2)cc1CC. The molecule has 0 spiro atoms. The molecule has 0 aromatic heterocycles. The minimum atomic E-state index is 1.05. The van der Waals surface area contributed by atoms with Crippen molar-refractivity contribution >= 4 is 11.8 Å². The van der Waals surface area contributed by atoms with Crippen LogP contribution in [0.5, 0.6) is 0 Å². The van der Waals surface area contributed by atoms with Crippen LogP contribution in [0.3, 0.4) is 0 Å². The summed E-state index contributed by atoms with van der Waals surface area (Å²) in [4.78, 5) is 0. The molecule has 1 N–H and O–H groups in total. The van der Waals surface area contributed by atoms with Gasteiger partial charge in [-0.05, 0) is 46.7 Å². The van der Waals surface area contributed by atoms with Crippen LogP contribution in [-0.4, -0.2) is 6.21 Å². The Kier molecular flexibility index (Phi) is 4.89. The Morgan fingerprint density at radius 3 is 2.20 bits per heavy atom. The minimum absolute atomic E-state index is 1.05. The summed E-state index contributed by atoms with van der Waals surface area (Å²) in [5.41, 5.74) is 6.27. The van der Waals surface area contributed by atoms with E-state index in [0.29, 0.717) is 0 Å². The highest BCUT2D eigenvalue weighted by Crippen LogP contribution is 2.25. The number of allylic oxidation sites excluding steroid dienone is 1. The summed E-state index contributed by atoms with van der Waals surface area (Å²) < 4.78 is 0. The molecule has 2 aromatic carbocycles. The van der Waals surface area contributed by atoms with E-state index in [1.165, 1.54) is 22.9 Å². The van der Waals surface area contributed by atoms with Crippen molar-refractivity contribution in [3.63, 3.8) is 0 Å². The third-order valence-electron chi connectivity index (χ3n) is 3.61. The second-order valence-corrected chi connectivity index (χ2v) is 4.80. The topological polar surface area (TPSA) is 23.9 Å². The van der Waals surface area contributed by atoms with Gasteiger partial charge < -0.3 is 5.41 Å². The smallest absolute Gasteiger partial charge is 0.0184 e. The molecule has 20 heavy (non-hydrogen) atoms. The molecule has 1 nitrogen and oxygen atoms in total. The number of rotatable bonds is 5. The first-order valence-corrected chi connectivity index (χ1v) is 7.18. The van der Waals surface area contributed by atoms with Gasteiger partial charge in [0.05, 0.1) is 0 Å². The molecule has 0 amide bonds. The molecule has 0 aliphatic carbocycles. The Labute approximate surface area is 121 Å². The maximum absolute atomic E-state index is 7.41. The quantitative estimate of drug-likeness (QED) is 0.742. The van der Waals surface area contributed by atoms with E-state index >= 15 is 0 Å². The van der Waals surface area contributed by atoms with Crippen molar-refractivity contribution in [3.8, 4) is 0 Å². The third-order valence-corrected chi connectivity index (χ3v) is 3.61. The van der Waals surface area contributed by atoms with E-state index in [4.69, 9.17) is 5.41 Å². The van der Waals surface area contributed by atoms with Crippen molar-refractivity contribution in [1.82, 2.24) is 0 Å². The van der Waals surface area contributed by atoms with Gasteiger partial charge in [-0.15, -0.1) is 0 Å². The zero-order chi connectivity index (χ0) is 14.4. The van der Waals surface area contributed by atoms with Gasteiger partial charge in [0.15, 0.2) is 0 Å². The van der Waals surface area contributed by atoms with Crippen LogP contribution in [0, 0.1) is 5.41 Å². The van der Waals surface area contributed by atoms with Crippen LogP contribution in [0.15, 0.2) is 54.6 Å². The van der Waals surface area contributed by atoms with Crippen molar-refractivity contribution in [2.45, 2.75) is 26.7 Å². The maximum atomic E-state index is 7.41. The Morgan fingerprint density at radius 1 is 0.900 bits per heavy atom. The predicted octanol–water partition coefficient (Wildman–Crippen LogP) is 4.89. The first kappa shape index (κ1) is 14.3. The third kappa shape index (κ3) is 3.05. The van der Waals surface area contributed by atoms with E-state index in [9.17, 15) is 0 Å². The maximum Gasteiger partial charge on any atom is 0.0184 e. The van der Waals surface area contributed by atoms with E-state index in [1.807, 2.05) is 24.3 Å². The van der Waals surface area contributed by atoms with Crippen LogP contribution < -0.4 is 0 Å². The van der Waals surface area contributed by atoms with Gasteiger partial charge in [-0.3, -0.25) is 0 Å². The molecule has 0 heterocycles. The molecule has 102 valence electrons. The first-order valence-electron chi connectivity index (χ1n) is 7.18. The number of aryl methyl sites for hydroxylation is 2.